The molecule has 0 aliphatic carbocycles. The highest BCUT2D eigenvalue weighted by molar-refractivity contribution is 5.77. The van der Waals surface area contributed by atoms with Gasteiger partial charge in [-0.2, -0.15) is 0 Å². The summed E-state index contributed by atoms with van der Waals surface area (Å²) >= 11 is 0. The van der Waals surface area contributed by atoms with Crippen LogP contribution in [-0.2, 0) is 0 Å². The van der Waals surface area contributed by atoms with Crippen LogP contribution in [0.1, 0.15) is 13.3 Å². The fourth-order valence-corrected chi connectivity index (χ4v) is 2.21. The molecule has 0 amide bonds. The molecule has 102 valence electrons. The number of aromatic nitrogens is 2. The lowest BCUT2D eigenvalue weighted by Crippen LogP contribution is -1.99. The number of imidazole rings is 1. The molecule has 0 atom stereocenters. The Balaban J connectivity index is 2.07. The van der Waals surface area contributed by atoms with Gasteiger partial charge in [0.25, 0.3) is 0 Å². The average Bonchev–Trinajstić information content (AvgIpc) is 2.88. The zero-order chi connectivity index (χ0) is 13.9. The Hall–Kier alpha value is -2.49. The Morgan fingerprint density at radius 3 is 2.90 bits per heavy atom. The van der Waals surface area contributed by atoms with Crippen LogP contribution in [0.5, 0.6) is 5.75 Å². The fraction of sp³-hybridized carbons (Fsp3) is 0.188. The van der Waals surface area contributed by atoms with E-state index in [0.717, 1.165) is 28.9 Å². The minimum absolute atomic E-state index is 0.686. The van der Waals surface area contributed by atoms with Gasteiger partial charge in [0.1, 0.15) is 12.1 Å². The molecule has 4 nitrogen and oxygen atoms in total. The van der Waals surface area contributed by atoms with Gasteiger partial charge in [-0.05, 0) is 24.6 Å². The second-order valence-electron chi connectivity index (χ2n) is 4.71. The monoisotopic (exact) mass is 267 g/mol. The predicted octanol–water partition coefficient (Wildman–Crippen LogP) is 3.40. The molecule has 4 heteroatoms. The van der Waals surface area contributed by atoms with Crippen LogP contribution < -0.4 is 10.5 Å². The van der Waals surface area contributed by atoms with Gasteiger partial charge < -0.3 is 10.5 Å². The lowest BCUT2D eigenvalue weighted by Gasteiger charge is -2.10. The summed E-state index contributed by atoms with van der Waals surface area (Å²) in [7, 11) is 0. The number of rotatable bonds is 4. The number of anilines is 1. The largest absolute Gasteiger partial charge is 0.493 e. The molecule has 1 heterocycles. The van der Waals surface area contributed by atoms with E-state index in [4.69, 9.17) is 10.5 Å². The summed E-state index contributed by atoms with van der Waals surface area (Å²) in [5.74, 6) is 0.791. The maximum Gasteiger partial charge on any atom is 0.123 e. The SMILES string of the molecule is CCCOc1cc(N)cc(-n2cnc3ccccc32)c1. The first-order valence-corrected chi connectivity index (χ1v) is 6.74. The molecule has 0 radical (unpaired) electrons. The summed E-state index contributed by atoms with van der Waals surface area (Å²) in [5, 5.41) is 0. The van der Waals surface area contributed by atoms with Crippen molar-refractivity contribution in [2.45, 2.75) is 13.3 Å². The van der Waals surface area contributed by atoms with Gasteiger partial charge in [0, 0.05) is 17.8 Å². The number of nitrogens with zero attached hydrogens (tertiary/aromatic N) is 2. The van der Waals surface area contributed by atoms with Crippen molar-refractivity contribution in [3.8, 4) is 11.4 Å². The molecule has 0 aliphatic heterocycles. The second kappa shape index (κ2) is 5.25. The van der Waals surface area contributed by atoms with Crippen molar-refractivity contribution in [3.63, 3.8) is 0 Å². The molecule has 2 aromatic carbocycles. The molecule has 2 N–H and O–H groups in total. The Bertz CT molecular complexity index is 733. The Morgan fingerprint density at radius 2 is 2.05 bits per heavy atom. The van der Waals surface area contributed by atoms with Crippen LogP contribution in [0.25, 0.3) is 16.7 Å². The van der Waals surface area contributed by atoms with Crippen molar-refractivity contribution < 1.29 is 4.74 Å². The predicted molar refractivity (Wildman–Crippen MR) is 81.3 cm³/mol. The first-order chi connectivity index (χ1) is 9.78. The van der Waals surface area contributed by atoms with Gasteiger partial charge in [0.05, 0.1) is 23.3 Å². The van der Waals surface area contributed by atoms with Crippen LogP contribution in [0, 0.1) is 0 Å². The topological polar surface area (TPSA) is 53.1 Å². The molecular weight excluding hydrogens is 250 g/mol. The Labute approximate surface area is 117 Å². The molecule has 0 saturated carbocycles. The summed E-state index contributed by atoms with van der Waals surface area (Å²) in [6.07, 6.45) is 2.78. The van der Waals surface area contributed by atoms with E-state index in [1.807, 2.05) is 53.4 Å². The van der Waals surface area contributed by atoms with E-state index in [9.17, 15) is 0 Å². The highest BCUT2D eigenvalue weighted by Crippen LogP contribution is 2.25. The van der Waals surface area contributed by atoms with Crippen LogP contribution in [-0.4, -0.2) is 16.2 Å². The first kappa shape index (κ1) is 12.5. The fourth-order valence-electron chi connectivity index (χ4n) is 2.21. The molecule has 0 fully saturated rings. The van der Waals surface area contributed by atoms with E-state index in [1.165, 1.54) is 0 Å². The molecule has 3 aromatic rings. The summed E-state index contributed by atoms with van der Waals surface area (Å²) in [5.41, 5.74) is 9.64. The molecule has 0 aliphatic rings. The third-order valence-electron chi connectivity index (χ3n) is 3.12. The molecule has 0 unspecified atom stereocenters. The molecule has 0 saturated heterocycles. The average molecular weight is 267 g/mol. The van der Waals surface area contributed by atoms with Crippen molar-refractivity contribution in [1.82, 2.24) is 9.55 Å². The van der Waals surface area contributed by atoms with Gasteiger partial charge in [-0.15, -0.1) is 0 Å². The quantitative estimate of drug-likeness (QED) is 0.737. The van der Waals surface area contributed by atoms with Gasteiger partial charge in [-0.25, -0.2) is 4.98 Å². The first-order valence-electron chi connectivity index (χ1n) is 6.74. The number of hydrogen-bond acceptors (Lipinski definition) is 3. The highest BCUT2D eigenvalue weighted by Gasteiger charge is 2.06. The molecule has 3 rings (SSSR count). The lowest BCUT2D eigenvalue weighted by molar-refractivity contribution is 0.317. The number of nitrogens with two attached hydrogens (primary N) is 1. The second-order valence-corrected chi connectivity index (χ2v) is 4.71. The van der Waals surface area contributed by atoms with Gasteiger partial charge in [0.15, 0.2) is 0 Å². The van der Waals surface area contributed by atoms with Crippen LogP contribution in [0.15, 0.2) is 48.8 Å². The van der Waals surface area contributed by atoms with Gasteiger partial charge in [-0.3, -0.25) is 4.57 Å². The van der Waals surface area contributed by atoms with Crippen LogP contribution in [0.4, 0.5) is 5.69 Å². The number of nitrogen functional groups attached to an aromatic ring is 1. The molecule has 20 heavy (non-hydrogen) atoms. The van der Waals surface area contributed by atoms with Gasteiger partial charge >= 0.3 is 0 Å². The standard InChI is InChI=1S/C16H17N3O/c1-2-7-20-14-9-12(17)8-13(10-14)19-11-18-15-5-3-4-6-16(15)19/h3-6,8-11H,2,7,17H2,1H3. The minimum atomic E-state index is 0.686. The third-order valence-corrected chi connectivity index (χ3v) is 3.12. The molecule has 1 aromatic heterocycles. The van der Waals surface area contributed by atoms with Crippen molar-refractivity contribution in [1.29, 1.82) is 0 Å². The van der Waals surface area contributed by atoms with Gasteiger partial charge in [-0.1, -0.05) is 19.1 Å². The zero-order valence-corrected chi connectivity index (χ0v) is 11.4. The third kappa shape index (κ3) is 2.32. The lowest BCUT2D eigenvalue weighted by atomic mass is 10.2. The minimum Gasteiger partial charge on any atom is -0.493 e. The van der Waals surface area contributed by atoms with Gasteiger partial charge in [0.2, 0.25) is 0 Å². The number of hydrogen-bond donors (Lipinski definition) is 1. The van der Waals surface area contributed by atoms with Crippen molar-refractivity contribution in [3.05, 3.63) is 48.8 Å². The number of ether oxygens (including phenoxy) is 1. The maximum atomic E-state index is 5.97. The van der Waals surface area contributed by atoms with E-state index < -0.39 is 0 Å². The number of benzene rings is 2. The van der Waals surface area contributed by atoms with Crippen LogP contribution in [0.3, 0.4) is 0 Å². The number of para-hydroxylation sites is 2. The van der Waals surface area contributed by atoms with Crippen molar-refractivity contribution >= 4 is 16.7 Å². The van der Waals surface area contributed by atoms with Crippen molar-refractivity contribution in [2.75, 3.05) is 12.3 Å². The normalized spacial score (nSPS) is 10.8. The Kier molecular flexibility index (Phi) is 3.29. The van der Waals surface area contributed by atoms with Crippen molar-refractivity contribution in [2.24, 2.45) is 0 Å². The molecule has 0 bridgehead atoms. The summed E-state index contributed by atoms with van der Waals surface area (Å²) in [6.45, 7) is 2.77. The number of fused-ring (bicyclic) bond motifs is 1. The van der Waals surface area contributed by atoms with E-state index in [-0.39, 0.29) is 0 Å². The maximum absolute atomic E-state index is 5.97. The Morgan fingerprint density at radius 1 is 1.20 bits per heavy atom. The highest BCUT2D eigenvalue weighted by atomic mass is 16.5. The summed E-state index contributed by atoms with van der Waals surface area (Å²) in [6, 6.07) is 13.8. The van der Waals surface area contributed by atoms with E-state index in [1.54, 1.807) is 0 Å². The zero-order valence-electron chi connectivity index (χ0n) is 11.4. The van der Waals surface area contributed by atoms with Crippen LogP contribution >= 0.6 is 0 Å². The summed E-state index contributed by atoms with van der Waals surface area (Å²) < 4.78 is 7.69. The summed E-state index contributed by atoms with van der Waals surface area (Å²) in [4.78, 5) is 4.40. The van der Waals surface area contributed by atoms with E-state index in [0.29, 0.717) is 12.3 Å². The molecular formula is C16H17N3O. The van der Waals surface area contributed by atoms with E-state index in [2.05, 4.69) is 11.9 Å². The smallest absolute Gasteiger partial charge is 0.123 e. The van der Waals surface area contributed by atoms with Crippen LogP contribution in [0.2, 0.25) is 0 Å². The molecule has 0 spiro atoms. The van der Waals surface area contributed by atoms with E-state index >= 15 is 0 Å².